The largest absolute Gasteiger partial charge is 0.481 e. The second-order valence-corrected chi connectivity index (χ2v) is 4.31. The average molecular weight is 279 g/mol. The van der Waals surface area contributed by atoms with Crippen LogP contribution in [-0.2, 0) is 9.59 Å². The zero-order valence-electron chi connectivity index (χ0n) is 10.5. The number of carboxylic acids is 1. The van der Waals surface area contributed by atoms with Gasteiger partial charge in [-0.05, 0) is 18.1 Å². The highest BCUT2D eigenvalue weighted by Gasteiger charge is 2.07. The number of rotatable bonds is 7. The molecule has 0 aliphatic heterocycles. The maximum absolute atomic E-state index is 11.8. The summed E-state index contributed by atoms with van der Waals surface area (Å²) in [5.41, 5.74) is 1.50. The first-order valence-electron chi connectivity index (χ1n) is 6.00. The highest BCUT2D eigenvalue weighted by atomic mass is 32.1. The fraction of sp³-hybridized carbons (Fsp3) is 0.286. The Bertz CT molecular complexity index is 457. The van der Waals surface area contributed by atoms with Crippen LogP contribution in [0.25, 0.3) is 6.08 Å². The third-order valence-corrected chi connectivity index (χ3v) is 2.80. The number of carbonyl (C=O) groups excluding carboxylic acids is 1. The van der Waals surface area contributed by atoms with E-state index in [1.165, 1.54) is 0 Å². The van der Waals surface area contributed by atoms with Crippen molar-refractivity contribution in [1.82, 2.24) is 5.32 Å². The van der Waals surface area contributed by atoms with Crippen LogP contribution >= 0.6 is 12.6 Å². The summed E-state index contributed by atoms with van der Waals surface area (Å²) in [5.74, 6) is -0.729. The average Bonchev–Trinajstić information content (AvgIpc) is 2.41. The Morgan fingerprint density at radius 3 is 2.53 bits per heavy atom. The quantitative estimate of drug-likeness (QED) is 0.406. The van der Waals surface area contributed by atoms with Crippen molar-refractivity contribution in [2.45, 2.75) is 12.8 Å². The first kappa shape index (κ1) is 15.3. The minimum atomic E-state index is -0.858. The first-order valence-corrected chi connectivity index (χ1v) is 6.63. The number of carboxylic acid groups (broad SMARTS) is 1. The van der Waals surface area contributed by atoms with Crippen molar-refractivity contribution in [3.8, 4) is 0 Å². The molecule has 0 saturated carbocycles. The molecule has 0 atom stereocenters. The van der Waals surface area contributed by atoms with Crippen LogP contribution in [0.5, 0.6) is 0 Å². The van der Waals surface area contributed by atoms with Crippen molar-refractivity contribution < 1.29 is 14.7 Å². The van der Waals surface area contributed by atoms with Crippen molar-refractivity contribution in [3.63, 3.8) is 0 Å². The van der Waals surface area contributed by atoms with Crippen molar-refractivity contribution >= 4 is 30.6 Å². The molecule has 0 aromatic heterocycles. The molecule has 0 fully saturated rings. The maximum atomic E-state index is 11.8. The van der Waals surface area contributed by atoms with E-state index >= 15 is 0 Å². The zero-order valence-corrected chi connectivity index (χ0v) is 11.4. The molecule has 2 N–H and O–H groups in total. The summed E-state index contributed by atoms with van der Waals surface area (Å²) in [6.07, 6.45) is 2.25. The summed E-state index contributed by atoms with van der Waals surface area (Å²) in [6.45, 7) is 0.352. The van der Waals surface area contributed by atoms with Gasteiger partial charge in [0.1, 0.15) is 0 Å². The fourth-order valence-corrected chi connectivity index (χ4v) is 1.72. The molecule has 19 heavy (non-hydrogen) atoms. The topological polar surface area (TPSA) is 66.4 Å². The Morgan fingerprint density at radius 1 is 1.26 bits per heavy atom. The second kappa shape index (κ2) is 8.37. The van der Waals surface area contributed by atoms with E-state index in [2.05, 4.69) is 17.9 Å². The smallest absolute Gasteiger partial charge is 0.303 e. The highest BCUT2D eigenvalue weighted by Crippen LogP contribution is 2.08. The third kappa shape index (κ3) is 6.10. The number of nitrogens with one attached hydrogen (secondary N) is 1. The van der Waals surface area contributed by atoms with E-state index in [-0.39, 0.29) is 12.3 Å². The van der Waals surface area contributed by atoms with Gasteiger partial charge < -0.3 is 10.4 Å². The minimum absolute atomic E-state index is 0.0545. The molecule has 0 saturated heterocycles. The summed E-state index contributed by atoms with van der Waals surface area (Å²) < 4.78 is 0. The summed E-state index contributed by atoms with van der Waals surface area (Å²) in [4.78, 5) is 22.2. The normalized spacial score (nSPS) is 11.1. The monoisotopic (exact) mass is 279 g/mol. The van der Waals surface area contributed by atoms with Crippen LogP contribution in [0, 0.1) is 0 Å². The van der Waals surface area contributed by atoms with Crippen molar-refractivity contribution in [1.29, 1.82) is 0 Å². The first-order chi connectivity index (χ1) is 9.13. The molecule has 1 amide bonds. The Labute approximate surface area is 117 Å². The molecule has 1 aromatic rings. The van der Waals surface area contributed by atoms with Gasteiger partial charge in [0.2, 0.25) is 5.91 Å². The molecule has 0 unspecified atom stereocenters. The van der Waals surface area contributed by atoms with Crippen LogP contribution in [-0.4, -0.2) is 29.3 Å². The number of thiol groups is 1. The van der Waals surface area contributed by atoms with E-state index in [1.54, 1.807) is 6.08 Å². The van der Waals surface area contributed by atoms with Crippen molar-refractivity contribution in [2.24, 2.45) is 0 Å². The summed E-state index contributed by atoms with van der Waals surface area (Å²) in [7, 11) is 0. The minimum Gasteiger partial charge on any atom is -0.481 e. The molecule has 0 aliphatic rings. The van der Waals surface area contributed by atoms with Crippen molar-refractivity contribution in [2.75, 3.05) is 12.3 Å². The van der Waals surface area contributed by atoms with E-state index in [0.29, 0.717) is 24.3 Å². The predicted molar refractivity (Wildman–Crippen MR) is 78.2 cm³/mol. The highest BCUT2D eigenvalue weighted by molar-refractivity contribution is 7.80. The summed E-state index contributed by atoms with van der Waals surface area (Å²) in [5, 5.41) is 11.2. The summed E-state index contributed by atoms with van der Waals surface area (Å²) >= 11 is 4.14. The lowest BCUT2D eigenvalue weighted by Crippen LogP contribution is -2.27. The maximum Gasteiger partial charge on any atom is 0.303 e. The number of hydrogen-bond donors (Lipinski definition) is 3. The number of carbonyl (C=O) groups is 2. The predicted octanol–water partition coefficient (Wildman–Crippen LogP) is 1.98. The SMILES string of the molecule is O=C(O)CCCNC(=O)C(=Cc1ccccc1)CS. The van der Waals surface area contributed by atoms with Crippen LogP contribution in [0.2, 0.25) is 0 Å². The molecule has 0 radical (unpaired) electrons. The zero-order chi connectivity index (χ0) is 14.1. The number of aliphatic carboxylic acids is 1. The van der Waals surface area contributed by atoms with Gasteiger partial charge in [-0.15, -0.1) is 0 Å². The Morgan fingerprint density at radius 2 is 1.95 bits per heavy atom. The van der Waals surface area contributed by atoms with Gasteiger partial charge in [0.15, 0.2) is 0 Å². The van der Waals surface area contributed by atoms with Gasteiger partial charge in [-0.1, -0.05) is 30.3 Å². The van der Waals surface area contributed by atoms with E-state index in [4.69, 9.17) is 5.11 Å². The van der Waals surface area contributed by atoms with Crippen LogP contribution in [0.1, 0.15) is 18.4 Å². The van der Waals surface area contributed by atoms with E-state index in [1.807, 2.05) is 30.3 Å². The molecule has 0 bridgehead atoms. The van der Waals surface area contributed by atoms with Gasteiger partial charge in [0.25, 0.3) is 0 Å². The van der Waals surface area contributed by atoms with Gasteiger partial charge in [-0.25, -0.2) is 0 Å². The second-order valence-electron chi connectivity index (χ2n) is 3.99. The van der Waals surface area contributed by atoms with Crippen LogP contribution in [0.3, 0.4) is 0 Å². The van der Waals surface area contributed by atoms with Crippen LogP contribution < -0.4 is 5.32 Å². The molecule has 5 heteroatoms. The summed E-state index contributed by atoms with van der Waals surface area (Å²) in [6, 6.07) is 9.51. The molecule has 102 valence electrons. The lowest BCUT2D eigenvalue weighted by Gasteiger charge is -2.06. The van der Waals surface area contributed by atoms with E-state index < -0.39 is 5.97 Å². The lowest BCUT2D eigenvalue weighted by molar-refractivity contribution is -0.137. The molecular formula is C14H17NO3S. The number of hydrogen-bond acceptors (Lipinski definition) is 3. The molecule has 0 aliphatic carbocycles. The van der Waals surface area contributed by atoms with Gasteiger partial charge in [-0.2, -0.15) is 12.6 Å². The fourth-order valence-electron chi connectivity index (χ4n) is 1.49. The van der Waals surface area contributed by atoms with Gasteiger partial charge in [0, 0.05) is 24.3 Å². The Hall–Kier alpha value is -1.75. The third-order valence-electron chi connectivity index (χ3n) is 2.46. The van der Waals surface area contributed by atoms with Crippen LogP contribution in [0.4, 0.5) is 0 Å². The standard InChI is InChI=1S/C14H17NO3S/c16-13(17)7-4-8-15-14(18)12(10-19)9-11-5-2-1-3-6-11/h1-3,5-6,9,19H,4,7-8,10H2,(H,15,18)(H,16,17). The molecular weight excluding hydrogens is 262 g/mol. The Kier molecular flexibility index (Phi) is 6.74. The Balaban J connectivity index is 2.53. The van der Waals surface area contributed by atoms with Crippen LogP contribution in [0.15, 0.2) is 35.9 Å². The van der Waals surface area contributed by atoms with Gasteiger partial charge >= 0.3 is 5.97 Å². The lowest BCUT2D eigenvalue weighted by atomic mass is 10.1. The van der Waals surface area contributed by atoms with E-state index in [9.17, 15) is 9.59 Å². The molecule has 1 rings (SSSR count). The number of benzene rings is 1. The van der Waals surface area contributed by atoms with Gasteiger partial charge in [-0.3, -0.25) is 9.59 Å². The van der Waals surface area contributed by atoms with Crippen molar-refractivity contribution in [3.05, 3.63) is 41.5 Å². The van der Waals surface area contributed by atoms with E-state index in [0.717, 1.165) is 5.56 Å². The molecule has 1 aromatic carbocycles. The molecule has 0 spiro atoms. The molecule has 4 nitrogen and oxygen atoms in total. The number of amides is 1. The van der Waals surface area contributed by atoms with Gasteiger partial charge in [0.05, 0.1) is 0 Å². The molecule has 0 heterocycles.